The predicted octanol–water partition coefficient (Wildman–Crippen LogP) is 6.06. The SMILES string of the molecule is Cc1cc(/C=N\NC(=O)C(O)(c2ccccc2)c2ccccc2)c(C)n1-c1ccc(OCc2ccccc2)cc1. The van der Waals surface area contributed by atoms with Crippen LogP contribution in [0.2, 0.25) is 0 Å². The van der Waals surface area contributed by atoms with Crippen LogP contribution < -0.4 is 10.2 Å². The highest BCUT2D eigenvalue weighted by Crippen LogP contribution is 2.30. The summed E-state index contributed by atoms with van der Waals surface area (Å²) in [6.45, 7) is 4.53. The van der Waals surface area contributed by atoms with Crippen LogP contribution in [0.1, 0.15) is 33.6 Å². The monoisotopic (exact) mass is 529 g/mol. The fourth-order valence-corrected chi connectivity index (χ4v) is 4.78. The Morgan fingerprint density at radius 3 is 1.98 bits per heavy atom. The van der Waals surface area contributed by atoms with Crippen LogP contribution >= 0.6 is 0 Å². The summed E-state index contributed by atoms with van der Waals surface area (Å²) in [6.07, 6.45) is 1.60. The smallest absolute Gasteiger partial charge is 0.281 e. The van der Waals surface area contributed by atoms with Gasteiger partial charge in [0.05, 0.1) is 6.21 Å². The lowest BCUT2D eigenvalue weighted by Gasteiger charge is -2.27. The highest BCUT2D eigenvalue weighted by Gasteiger charge is 2.39. The van der Waals surface area contributed by atoms with Gasteiger partial charge in [0.25, 0.3) is 5.91 Å². The molecule has 0 unspecified atom stereocenters. The van der Waals surface area contributed by atoms with Gasteiger partial charge in [0.15, 0.2) is 5.60 Å². The zero-order valence-corrected chi connectivity index (χ0v) is 22.5. The standard InChI is InChI=1S/C34H31N3O3/c1-25-22-28(26(2)37(25)31-18-20-32(21-19-31)40-24-27-12-6-3-7-13-27)23-35-36-33(38)34(39,29-14-8-4-9-15-29)30-16-10-5-11-17-30/h3-23,39H,24H2,1-2H3,(H,36,38)/b35-23-. The van der Waals surface area contributed by atoms with Gasteiger partial charge in [-0.3, -0.25) is 4.79 Å². The Balaban J connectivity index is 1.31. The van der Waals surface area contributed by atoms with Gasteiger partial charge >= 0.3 is 0 Å². The molecule has 0 atom stereocenters. The number of ether oxygens (including phenoxy) is 1. The maximum atomic E-state index is 13.3. The van der Waals surface area contributed by atoms with Crippen LogP contribution in [-0.4, -0.2) is 21.8 Å². The summed E-state index contributed by atoms with van der Waals surface area (Å²) in [5.74, 6) is 0.157. The molecule has 6 heteroatoms. The number of nitrogens with zero attached hydrogens (tertiary/aromatic N) is 2. The van der Waals surface area contributed by atoms with E-state index >= 15 is 0 Å². The van der Waals surface area contributed by atoms with Crippen molar-refractivity contribution in [2.24, 2.45) is 5.10 Å². The first-order valence-corrected chi connectivity index (χ1v) is 13.1. The second kappa shape index (κ2) is 11.8. The van der Waals surface area contributed by atoms with Crippen molar-refractivity contribution in [1.82, 2.24) is 9.99 Å². The van der Waals surface area contributed by atoms with E-state index in [4.69, 9.17) is 4.74 Å². The van der Waals surface area contributed by atoms with E-state index in [0.717, 1.165) is 34.0 Å². The number of hydrogen-bond donors (Lipinski definition) is 2. The van der Waals surface area contributed by atoms with Crippen LogP contribution in [0.25, 0.3) is 5.69 Å². The molecule has 2 N–H and O–H groups in total. The minimum absolute atomic E-state index is 0.461. The maximum Gasteiger partial charge on any atom is 0.281 e. The number of nitrogens with one attached hydrogen (secondary N) is 1. The summed E-state index contributed by atoms with van der Waals surface area (Å²) in [7, 11) is 0. The van der Waals surface area contributed by atoms with E-state index in [9.17, 15) is 9.90 Å². The molecule has 0 saturated carbocycles. The molecule has 40 heavy (non-hydrogen) atoms. The summed E-state index contributed by atoms with van der Waals surface area (Å²) in [6, 6.07) is 37.7. The number of aliphatic hydroxyl groups is 1. The molecule has 0 bridgehead atoms. The van der Waals surface area contributed by atoms with E-state index in [1.54, 1.807) is 54.7 Å². The van der Waals surface area contributed by atoms with E-state index in [2.05, 4.69) is 15.1 Å². The van der Waals surface area contributed by atoms with Crippen LogP contribution in [0.3, 0.4) is 0 Å². The number of carbonyl (C=O) groups excluding carboxylic acids is 1. The zero-order valence-electron chi connectivity index (χ0n) is 22.5. The molecule has 4 aromatic carbocycles. The number of hydrazone groups is 1. The number of aromatic nitrogens is 1. The lowest BCUT2D eigenvalue weighted by atomic mass is 9.85. The Hall–Kier alpha value is -4.94. The Kier molecular flexibility index (Phi) is 7.89. The van der Waals surface area contributed by atoms with Gasteiger partial charge in [0, 0.05) is 22.6 Å². The van der Waals surface area contributed by atoms with Gasteiger partial charge in [0.1, 0.15) is 12.4 Å². The van der Waals surface area contributed by atoms with Gasteiger partial charge in [-0.1, -0.05) is 91.0 Å². The number of aryl methyl sites for hydroxylation is 1. The molecule has 1 amide bonds. The van der Waals surface area contributed by atoms with Crippen molar-refractivity contribution >= 4 is 12.1 Å². The Morgan fingerprint density at radius 2 is 1.40 bits per heavy atom. The second-order valence-electron chi connectivity index (χ2n) is 9.57. The van der Waals surface area contributed by atoms with Gasteiger partial charge in [-0.2, -0.15) is 5.10 Å². The summed E-state index contributed by atoms with van der Waals surface area (Å²) in [4.78, 5) is 13.3. The second-order valence-corrected chi connectivity index (χ2v) is 9.57. The average molecular weight is 530 g/mol. The van der Waals surface area contributed by atoms with Gasteiger partial charge in [-0.15, -0.1) is 0 Å². The molecule has 1 aromatic heterocycles. The van der Waals surface area contributed by atoms with E-state index in [1.807, 2.05) is 86.6 Å². The molecule has 1 heterocycles. The van der Waals surface area contributed by atoms with E-state index in [1.165, 1.54) is 0 Å². The van der Waals surface area contributed by atoms with Crippen molar-refractivity contribution in [3.05, 3.63) is 155 Å². The molecule has 0 spiro atoms. The molecule has 0 radical (unpaired) electrons. The van der Waals surface area contributed by atoms with E-state index in [-0.39, 0.29) is 0 Å². The van der Waals surface area contributed by atoms with Crippen LogP contribution in [-0.2, 0) is 17.0 Å². The zero-order chi connectivity index (χ0) is 28.0. The van der Waals surface area contributed by atoms with Crippen molar-refractivity contribution in [1.29, 1.82) is 0 Å². The largest absolute Gasteiger partial charge is 0.489 e. The molecular weight excluding hydrogens is 498 g/mol. The van der Waals surface area contributed by atoms with E-state index < -0.39 is 11.5 Å². The van der Waals surface area contributed by atoms with Gasteiger partial charge in [0.2, 0.25) is 0 Å². The normalized spacial score (nSPS) is 11.5. The first-order valence-electron chi connectivity index (χ1n) is 13.1. The number of hydrogen-bond acceptors (Lipinski definition) is 4. The minimum atomic E-state index is -1.89. The predicted molar refractivity (Wildman–Crippen MR) is 158 cm³/mol. The van der Waals surface area contributed by atoms with E-state index in [0.29, 0.717) is 17.7 Å². The molecular formula is C34H31N3O3. The fourth-order valence-electron chi connectivity index (χ4n) is 4.78. The topological polar surface area (TPSA) is 75.9 Å². The Bertz CT molecular complexity index is 1550. The first kappa shape index (κ1) is 26.7. The summed E-state index contributed by atoms with van der Waals surface area (Å²) in [5.41, 5.74) is 6.54. The third-order valence-corrected chi connectivity index (χ3v) is 6.89. The van der Waals surface area contributed by atoms with Crippen molar-refractivity contribution in [2.75, 3.05) is 0 Å². The molecule has 0 fully saturated rings. The number of carbonyl (C=O) groups is 1. The average Bonchev–Trinajstić information content (AvgIpc) is 3.29. The molecule has 0 aliphatic heterocycles. The van der Waals surface area contributed by atoms with Crippen LogP contribution in [0.4, 0.5) is 0 Å². The van der Waals surface area contributed by atoms with Crippen molar-refractivity contribution in [3.63, 3.8) is 0 Å². The number of rotatable bonds is 9. The minimum Gasteiger partial charge on any atom is -0.489 e. The molecule has 6 nitrogen and oxygen atoms in total. The molecule has 0 saturated heterocycles. The van der Waals surface area contributed by atoms with Gasteiger partial charge in [-0.05, 0) is 60.9 Å². The van der Waals surface area contributed by atoms with Crippen molar-refractivity contribution < 1.29 is 14.6 Å². The maximum absolute atomic E-state index is 13.3. The Morgan fingerprint density at radius 1 is 0.850 bits per heavy atom. The summed E-state index contributed by atoms with van der Waals surface area (Å²) < 4.78 is 8.04. The highest BCUT2D eigenvalue weighted by molar-refractivity contribution is 5.91. The molecule has 0 aliphatic carbocycles. The summed E-state index contributed by atoms with van der Waals surface area (Å²) in [5, 5.41) is 15.8. The molecule has 5 aromatic rings. The fraction of sp³-hybridized carbons (Fsp3) is 0.118. The van der Waals surface area contributed by atoms with Gasteiger partial charge in [-0.25, -0.2) is 5.43 Å². The molecule has 0 aliphatic rings. The Labute approximate surface area is 234 Å². The third kappa shape index (κ3) is 5.58. The number of amides is 1. The van der Waals surface area contributed by atoms with Crippen LogP contribution in [0.15, 0.2) is 126 Å². The van der Waals surface area contributed by atoms with Crippen molar-refractivity contribution in [3.8, 4) is 11.4 Å². The highest BCUT2D eigenvalue weighted by atomic mass is 16.5. The molecule has 200 valence electrons. The quantitative estimate of drug-likeness (QED) is 0.180. The lowest BCUT2D eigenvalue weighted by molar-refractivity contribution is -0.136. The third-order valence-electron chi connectivity index (χ3n) is 6.89. The van der Waals surface area contributed by atoms with Crippen LogP contribution in [0, 0.1) is 13.8 Å². The molecule has 5 rings (SSSR count). The lowest BCUT2D eigenvalue weighted by Crippen LogP contribution is -2.43. The van der Waals surface area contributed by atoms with Crippen molar-refractivity contribution in [2.45, 2.75) is 26.1 Å². The number of benzene rings is 4. The van der Waals surface area contributed by atoms with Crippen LogP contribution in [0.5, 0.6) is 5.75 Å². The summed E-state index contributed by atoms with van der Waals surface area (Å²) >= 11 is 0. The first-order chi connectivity index (χ1) is 19.5. The van der Waals surface area contributed by atoms with Gasteiger partial charge < -0.3 is 14.4 Å².